The van der Waals surface area contributed by atoms with Crippen LogP contribution in [0.5, 0.6) is 0 Å². The van der Waals surface area contributed by atoms with Crippen molar-refractivity contribution in [2.45, 2.75) is 26.4 Å². The minimum Gasteiger partial charge on any atom is -0.393 e. The van der Waals surface area contributed by atoms with E-state index in [1.54, 1.807) is 0 Å². The van der Waals surface area contributed by atoms with E-state index in [4.69, 9.17) is 5.73 Å². The molecule has 0 aliphatic heterocycles. The molecule has 0 aliphatic carbocycles. The summed E-state index contributed by atoms with van der Waals surface area (Å²) in [5.74, 6) is -0.394. The minimum atomic E-state index is -0.538. The summed E-state index contributed by atoms with van der Waals surface area (Å²) in [5, 5.41) is 0. The summed E-state index contributed by atoms with van der Waals surface area (Å²) in [6.45, 7) is 2.44. The van der Waals surface area contributed by atoms with Crippen LogP contribution in [0.2, 0.25) is 0 Å². The Kier molecular flexibility index (Phi) is 4.62. The lowest BCUT2D eigenvalue weighted by Gasteiger charge is -2.12. The third kappa shape index (κ3) is 3.24. The highest BCUT2D eigenvalue weighted by molar-refractivity contribution is 9.10. The fourth-order valence-electron chi connectivity index (χ4n) is 2.04. The normalized spacial score (nSPS) is 10.8. The predicted molar refractivity (Wildman–Crippen MR) is 82.9 cm³/mol. The Labute approximate surface area is 129 Å². The molecule has 7 heteroatoms. The number of rotatable bonds is 4. The first-order valence-electron chi connectivity index (χ1n) is 6.47. The molecule has 0 amide bonds. The Bertz CT molecular complexity index is 783. The van der Waals surface area contributed by atoms with Crippen LogP contribution in [-0.4, -0.2) is 9.13 Å². The van der Waals surface area contributed by atoms with E-state index in [0.29, 0.717) is 16.6 Å². The van der Waals surface area contributed by atoms with Crippen molar-refractivity contribution in [1.29, 1.82) is 0 Å². The molecule has 112 valence electrons. The summed E-state index contributed by atoms with van der Waals surface area (Å²) in [6, 6.07) is 4.10. The molecule has 2 rings (SSSR count). The molecule has 0 radical (unpaired) electrons. The number of nitrogens with two attached hydrogens (primary N) is 1. The lowest BCUT2D eigenvalue weighted by molar-refractivity contribution is 0.572. The van der Waals surface area contributed by atoms with Crippen LogP contribution >= 0.6 is 15.9 Å². The molecular weight excluding hydrogens is 341 g/mol. The molecule has 1 aromatic carbocycles. The van der Waals surface area contributed by atoms with Crippen molar-refractivity contribution in [1.82, 2.24) is 9.13 Å². The summed E-state index contributed by atoms with van der Waals surface area (Å²) in [4.78, 5) is 24.4. The van der Waals surface area contributed by atoms with Gasteiger partial charge in [-0.2, -0.15) is 0 Å². The van der Waals surface area contributed by atoms with Gasteiger partial charge in [0.2, 0.25) is 0 Å². The maximum absolute atomic E-state index is 13.1. The largest absolute Gasteiger partial charge is 0.393 e. The average molecular weight is 356 g/mol. The number of anilines is 1. The average Bonchev–Trinajstić information content (AvgIpc) is 2.43. The second kappa shape index (κ2) is 6.26. The van der Waals surface area contributed by atoms with E-state index in [1.165, 1.54) is 29.0 Å². The van der Waals surface area contributed by atoms with E-state index in [1.807, 2.05) is 6.92 Å². The summed E-state index contributed by atoms with van der Waals surface area (Å²) in [5.41, 5.74) is 5.35. The van der Waals surface area contributed by atoms with Crippen molar-refractivity contribution in [3.63, 3.8) is 0 Å². The highest BCUT2D eigenvalue weighted by Crippen LogP contribution is 2.18. The number of halogens is 2. The number of nitrogens with zero attached hydrogens (tertiary/aromatic N) is 2. The van der Waals surface area contributed by atoms with Gasteiger partial charge in [0.25, 0.3) is 5.56 Å². The lowest BCUT2D eigenvalue weighted by Crippen LogP contribution is -2.41. The van der Waals surface area contributed by atoms with E-state index in [0.717, 1.165) is 11.0 Å². The standard InChI is InChI=1S/C14H15BrFN3O2/c1-2-5-18-8-12(17)13(20)19(14(18)21)7-9-3-4-10(16)6-11(9)15/h3-4,6,8H,2,5,7,17H2,1H3. The highest BCUT2D eigenvalue weighted by Gasteiger charge is 2.11. The van der Waals surface area contributed by atoms with Gasteiger partial charge < -0.3 is 5.73 Å². The van der Waals surface area contributed by atoms with Gasteiger partial charge in [-0.25, -0.2) is 9.18 Å². The van der Waals surface area contributed by atoms with Gasteiger partial charge in [0.1, 0.15) is 11.5 Å². The van der Waals surface area contributed by atoms with Crippen molar-refractivity contribution in [3.8, 4) is 0 Å². The molecule has 1 heterocycles. The van der Waals surface area contributed by atoms with Crippen LogP contribution < -0.4 is 17.0 Å². The number of benzene rings is 1. The molecule has 0 saturated heterocycles. The van der Waals surface area contributed by atoms with Gasteiger partial charge in [0.15, 0.2) is 0 Å². The quantitative estimate of drug-likeness (QED) is 0.911. The van der Waals surface area contributed by atoms with Gasteiger partial charge in [0.05, 0.1) is 6.54 Å². The van der Waals surface area contributed by atoms with E-state index in [-0.39, 0.29) is 12.2 Å². The number of aromatic nitrogens is 2. The monoisotopic (exact) mass is 355 g/mol. The van der Waals surface area contributed by atoms with Gasteiger partial charge in [-0.05, 0) is 24.1 Å². The van der Waals surface area contributed by atoms with Gasteiger partial charge >= 0.3 is 5.69 Å². The first-order chi connectivity index (χ1) is 9.93. The van der Waals surface area contributed by atoms with Crippen molar-refractivity contribution in [3.05, 3.63) is 61.1 Å². The van der Waals surface area contributed by atoms with Crippen molar-refractivity contribution in [2.75, 3.05) is 5.73 Å². The maximum atomic E-state index is 13.1. The molecule has 0 unspecified atom stereocenters. The van der Waals surface area contributed by atoms with Crippen LogP contribution in [0.3, 0.4) is 0 Å². The maximum Gasteiger partial charge on any atom is 0.331 e. The number of nitrogen functional groups attached to an aromatic ring is 1. The van der Waals surface area contributed by atoms with Crippen LogP contribution in [0.15, 0.2) is 38.5 Å². The van der Waals surface area contributed by atoms with Gasteiger partial charge in [0, 0.05) is 17.2 Å². The third-order valence-corrected chi connectivity index (χ3v) is 3.81. The summed E-state index contributed by atoms with van der Waals surface area (Å²) < 4.78 is 16.1. The Hall–Kier alpha value is -1.89. The molecule has 0 spiro atoms. The van der Waals surface area contributed by atoms with Gasteiger partial charge in [-0.1, -0.05) is 28.9 Å². The fourth-order valence-corrected chi connectivity index (χ4v) is 2.51. The summed E-state index contributed by atoms with van der Waals surface area (Å²) >= 11 is 3.23. The molecule has 5 nitrogen and oxygen atoms in total. The Morgan fingerprint density at radius 1 is 1.33 bits per heavy atom. The van der Waals surface area contributed by atoms with Crippen LogP contribution in [-0.2, 0) is 13.1 Å². The van der Waals surface area contributed by atoms with E-state index in [9.17, 15) is 14.0 Å². The summed E-state index contributed by atoms with van der Waals surface area (Å²) in [7, 11) is 0. The first-order valence-corrected chi connectivity index (χ1v) is 7.27. The zero-order chi connectivity index (χ0) is 15.6. The molecule has 0 fully saturated rings. The van der Waals surface area contributed by atoms with Gasteiger partial charge in [-0.3, -0.25) is 13.9 Å². The predicted octanol–water partition coefficient (Wildman–Crippen LogP) is 1.95. The van der Waals surface area contributed by atoms with Crippen molar-refractivity contribution in [2.24, 2.45) is 0 Å². The lowest BCUT2D eigenvalue weighted by atomic mass is 10.2. The molecule has 0 atom stereocenters. The Balaban J connectivity index is 2.53. The topological polar surface area (TPSA) is 70.0 Å². The zero-order valence-corrected chi connectivity index (χ0v) is 13.1. The number of aryl methyl sites for hydroxylation is 1. The summed E-state index contributed by atoms with van der Waals surface area (Å²) in [6.07, 6.45) is 2.11. The molecule has 1 aromatic heterocycles. The van der Waals surface area contributed by atoms with Crippen LogP contribution in [0.25, 0.3) is 0 Å². The number of hydrogen-bond acceptors (Lipinski definition) is 3. The van der Waals surface area contributed by atoms with E-state index in [2.05, 4.69) is 15.9 Å². The smallest absolute Gasteiger partial charge is 0.331 e. The third-order valence-electron chi connectivity index (χ3n) is 3.07. The first kappa shape index (κ1) is 15.5. The Morgan fingerprint density at radius 3 is 2.67 bits per heavy atom. The van der Waals surface area contributed by atoms with E-state index >= 15 is 0 Å². The van der Waals surface area contributed by atoms with Crippen LogP contribution in [0, 0.1) is 5.82 Å². The van der Waals surface area contributed by atoms with Gasteiger partial charge in [-0.15, -0.1) is 0 Å². The SMILES string of the molecule is CCCn1cc(N)c(=O)n(Cc2ccc(F)cc2Br)c1=O. The molecule has 0 saturated carbocycles. The second-order valence-corrected chi connectivity index (χ2v) is 5.54. The minimum absolute atomic E-state index is 0.0151. The highest BCUT2D eigenvalue weighted by atomic mass is 79.9. The van der Waals surface area contributed by atoms with Crippen LogP contribution in [0.4, 0.5) is 10.1 Å². The molecule has 0 bridgehead atoms. The zero-order valence-electron chi connectivity index (χ0n) is 11.5. The fraction of sp³-hybridized carbons (Fsp3) is 0.286. The molecule has 0 aliphatic rings. The molecule has 2 N–H and O–H groups in total. The van der Waals surface area contributed by atoms with E-state index < -0.39 is 17.1 Å². The Morgan fingerprint density at radius 2 is 2.05 bits per heavy atom. The molecule has 2 aromatic rings. The van der Waals surface area contributed by atoms with Crippen molar-refractivity contribution < 1.29 is 4.39 Å². The molecular formula is C14H15BrFN3O2. The van der Waals surface area contributed by atoms with Crippen molar-refractivity contribution >= 4 is 21.6 Å². The molecule has 21 heavy (non-hydrogen) atoms. The number of hydrogen-bond donors (Lipinski definition) is 1. The van der Waals surface area contributed by atoms with Crippen LogP contribution in [0.1, 0.15) is 18.9 Å². The second-order valence-electron chi connectivity index (χ2n) is 4.69.